The summed E-state index contributed by atoms with van der Waals surface area (Å²) < 4.78 is 38.3. The minimum absolute atomic E-state index is 0.000458. The Morgan fingerprint density at radius 3 is 0.970 bits per heavy atom. The van der Waals surface area contributed by atoms with Crippen LogP contribution >= 0.6 is 22.7 Å². The average molecular weight is 1380 g/mol. The van der Waals surface area contributed by atoms with Crippen LogP contribution in [0.25, 0.3) is 32.7 Å². The summed E-state index contributed by atoms with van der Waals surface area (Å²) in [7, 11) is 0. The second-order valence-corrected chi connectivity index (χ2v) is 26.4. The number of Topliss-reactive ketones (excluding diaryl/α,β-unsaturated/α-hetero) is 1. The molecular formula is C81H54N2O16S2. The van der Waals surface area contributed by atoms with Gasteiger partial charge >= 0.3 is 35.8 Å². The van der Waals surface area contributed by atoms with Crippen LogP contribution in [-0.4, -0.2) is 52.4 Å². The molecule has 0 aliphatic heterocycles. The van der Waals surface area contributed by atoms with Crippen LogP contribution < -0.4 is 16.2 Å². The maximum Gasteiger partial charge on any atom is 0.334 e. The fourth-order valence-corrected chi connectivity index (χ4v) is 16.3. The van der Waals surface area contributed by atoms with Crippen LogP contribution in [0.2, 0.25) is 0 Å². The van der Waals surface area contributed by atoms with E-state index in [2.05, 4.69) is 0 Å². The van der Waals surface area contributed by atoms with Crippen molar-refractivity contribution in [2.45, 2.75) is 62.0 Å². The number of aliphatic hydroxyl groups excluding tert-OH is 1. The Hall–Kier alpha value is -12.2. The summed E-state index contributed by atoms with van der Waals surface area (Å²) in [5.41, 5.74) is -11.7. The van der Waals surface area contributed by atoms with Crippen LogP contribution in [0.1, 0.15) is 87.4 Å². The lowest BCUT2D eigenvalue weighted by molar-refractivity contribution is -0.168. The molecule has 15 rings (SSSR count). The molecule has 0 radical (unpaired) electrons. The monoisotopic (exact) mass is 1370 g/mol. The van der Waals surface area contributed by atoms with Crippen LogP contribution in [0.4, 0.5) is 0 Å². The number of rotatable bonds is 20. The molecule has 9 aromatic carbocycles. The van der Waals surface area contributed by atoms with Gasteiger partial charge in [0.05, 0.1) is 21.1 Å². The normalized spacial score (nSPS) is 15.6. The first-order chi connectivity index (χ1) is 49.2. The van der Waals surface area contributed by atoms with Gasteiger partial charge < -0.3 is 33.5 Å². The smallest absolute Gasteiger partial charge is 0.334 e. The lowest BCUT2D eigenvalue weighted by Gasteiger charge is -2.35. The summed E-state index contributed by atoms with van der Waals surface area (Å²) in [6.07, 6.45) is 0.898. The Balaban J connectivity index is 1.05. The topological polar surface area (TPSA) is 254 Å². The predicted octanol–water partition coefficient (Wildman–Crippen LogP) is 11.4. The van der Waals surface area contributed by atoms with Gasteiger partial charge in [-0.2, -0.15) is 0 Å². The minimum atomic E-state index is -3.22. The van der Waals surface area contributed by atoms with E-state index in [1.54, 1.807) is 206 Å². The molecule has 20 heteroatoms. The summed E-state index contributed by atoms with van der Waals surface area (Å²) in [5, 5.41) is 11.4. The van der Waals surface area contributed by atoms with Gasteiger partial charge in [-0.05, 0) is 51.1 Å². The van der Waals surface area contributed by atoms with Crippen molar-refractivity contribution in [1.82, 2.24) is 0 Å². The van der Waals surface area contributed by atoms with Gasteiger partial charge in [-0.1, -0.05) is 231 Å². The van der Waals surface area contributed by atoms with E-state index in [0.717, 1.165) is 22.7 Å². The standard InChI is InChI=1S/C81H54N2O16S2/c84-67-53-35-19-20-36-54(53)68(85)65(67)82-59-39-57-61(79(59,73(88)94-41-47-23-7-1-8-24-47)74(89)95-42-48-25-9-2-10-26-48)63-71(100-57)72-64(81(63,77(92)98-45-51-31-15-5-16-32-51)78(93)99-46-52-33-17-6-18-34-52)62-58(101-72)40-60(83-66-69(86)55-37-21-22-38-56(55)70(66)87)80(62,75(90)96-43-49-27-11-3-12-28-49)76(91)97-44-50-29-13-4-14-30-50/h1-40,67,84H,41-46H2/b82-65+. The lowest BCUT2D eigenvalue weighted by Crippen LogP contribution is -2.53. The van der Waals surface area contributed by atoms with Crippen LogP contribution in [0.3, 0.4) is 0 Å². The van der Waals surface area contributed by atoms with Gasteiger partial charge in [0.1, 0.15) is 51.5 Å². The highest BCUT2D eigenvalue weighted by Crippen LogP contribution is 2.68. The lowest BCUT2D eigenvalue weighted by atomic mass is 9.67. The molecule has 1 atom stereocenters. The van der Waals surface area contributed by atoms with E-state index in [0.29, 0.717) is 33.4 Å². The number of ketones is 1. The van der Waals surface area contributed by atoms with Crippen molar-refractivity contribution in [3.63, 3.8) is 0 Å². The molecule has 1 N–H and O–H groups in total. The summed E-state index contributed by atoms with van der Waals surface area (Å²) in [6, 6.07) is 62.9. The zero-order valence-electron chi connectivity index (χ0n) is 53.2. The molecule has 18 nitrogen and oxygen atoms in total. The second kappa shape index (κ2) is 26.5. The van der Waals surface area contributed by atoms with Crippen molar-refractivity contribution < 1.29 is 67.1 Å². The second-order valence-electron chi connectivity index (χ2n) is 24.3. The van der Waals surface area contributed by atoms with E-state index in [1.807, 2.05) is 0 Å². The van der Waals surface area contributed by atoms with Crippen molar-refractivity contribution in [2.75, 3.05) is 0 Å². The van der Waals surface area contributed by atoms with Crippen molar-refractivity contribution in [3.8, 4) is 9.75 Å². The number of ether oxygens (including phenoxy) is 6. The van der Waals surface area contributed by atoms with E-state index < -0.39 is 159 Å². The summed E-state index contributed by atoms with van der Waals surface area (Å²) >= 11 is 1.71. The molecule has 496 valence electrons. The van der Waals surface area contributed by atoms with E-state index in [-0.39, 0.29) is 41.4 Å². The Bertz CT molecular complexity index is 5250. The van der Waals surface area contributed by atoms with Crippen molar-refractivity contribution >= 4 is 92.9 Å². The number of hydrogen-bond donors (Lipinski definition) is 1. The molecule has 4 aliphatic rings. The highest BCUT2D eigenvalue weighted by atomic mass is 32.1. The molecule has 0 fully saturated rings. The molecule has 1 unspecified atom stereocenters. The predicted molar refractivity (Wildman–Crippen MR) is 373 cm³/mol. The average Bonchev–Trinajstić information content (AvgIpc) is 1.48. The Kier molecular flexibility index (Phi) is 17.0. The summed E-state index contributed by atoms with van der Waals surface area (Å²) in [5.74, 6) is -9.19. The minimum Gasteiger partial charge on any atom is -0.459 e. The van der Waals surface area contributed by atoms with E-state index >= 15 is 28.8 Å². The number of thiophene rings is 2. The maximum absolute atomic E-state index is 17.2. The largest absolute Gasteiger partial charge is 0.459 e. The SMILES string of the molecule is O=C1/C(=N/C2=Cc3sc4c(c3C2(C(=O)OCc2ccccc2)C(=O)OCc2ccccc2)C(C(=O)OCc2ccccc2)(C(=O)OCc2ccccc2)c2c-4sc3c2C(C(=O)OCc2ccccc2)(C(=O)OCc2ccccc2)C(N=c2c(=O)c4ccccc4c2=O)=C3)C(O)c2ccccc21. The number of aliphatic imine (C=N–C) groups is 1. The third kappa shape index (κ3) is 10.9. The fraction of sp³-hybridized carbons (Fsp3) is 0.123. The Morgan fingerprint density at radius 1 is 0.356 bits per heavy atom. The molecule has 0 saturated carbocycles. The molecule has 0 amide bonds. The molecular weight excluding hydrogens is 1320 g/mol. The van der Waals surface area contributed by atoms with Crippen LogP contribution in [0, 0.1) is 0 Å². The molecule has 2 aromatic heterocycles. The van der Waals surface area contributed by atoms with Crippen molar-refractivity contribution in [3.05, 3.63) is 344 Å². The third-order valence-corrected chi connectivity index (χ3v) is 20.7. The van der Waals surface area contributed by atoms with E-state index in [9.17, 15) is 19.5 Å². The quantitative estimate of drug-likeness (QED) is 0.0423. The van der Waals surface area contributed by atoms with Crippen LogP contribution in [-0.2, 0) is 113 Å². The van der Waals surface area contributed by atoms with Gasteiger partial charge in [0.25, 0.3) is 0 Å². The molecule has 101 heavy (non-hydrogen) atoms. The number of esters is 6. The molecule has 11 aromatic rings. The van der Waals surface area contributed by atoms with Crippen molar-refractivity contribution in [1.29, 1.82) is 0 Å². The molecule has 0 bridgehead atoms. The van der Waals surface area contributed by atoms with Gasteiger partial charge in [0.15, 0.2) is 5.36 Å². The number of hydrogen-bond acceptors (Lipinski definition) is 20. The third-order valence-electron chi connectivity index (χ3n) is 18.3. The summed E-state index contributed by atoms with van der Waals surface area (Å²) in [4.78, 5) is 154. The molecule has 0 saturated heterocycles. The van der Waals surface area contributed by atoms with Gasteiger partial charge in [-0.25, -0.2) is 9.98 Å². The Labute approximate surface area is 582 Å². The Morgan fingerprint density at radius 2 is 0.644 bits per heavy atom. The molecule has 2 heterocycles. The maximum atomic E-state index is 17.2. The molecule has 4 aliphatic carbocycles. The van der Waals surface area contributed by atoms with E-state index in [4.69, 9.17) is 38.4 Å². The van der Waals surface area contributed by atoms with Crippen LogP contribution in [0.15, 0.2) is 261 Å². The van der Waals surface area contributed by atoms with Gasteiger partial charge in [0.2, 0.25) is 32.9 Å². The fourth-order valence-electron chi connectivity index (χ4n) is 13.5. The number of benzene rings is 8. The number of fused-ring (bicyclic) bond motifs is 9. The van der Waals surface area contributed by atoms with Gasteiger partial charge in [-0.3, -0.25) is 43.2 Å². The number of nitrogens with zero attached hydrogens (tertiary/aromatic N) is 2. The number of carbonyl (C=O) groups is 7. The van der Waals surface area contributed by atoms with Crippen LogP contribution in [0.5, 0.6) is 0 Å². The van der Waals surface area contributed by atoms with Crippen molar-refractivity contribution in [2.24, 2.45) is 9.98 Å². The molecule has 0 spiro atoms. The highest BCUT2D eigenvalue weighted by molar-refractivity contribution is 7.24. The first kappa shape index (κ1) is 64.7. The van der Waals surface area contributed by atoms with E-state index in [1.165, 1.54) is 36.4 Å². The van der Waals surface area contributed by atoms with Gasteiger partial charge in [-0.15, -0.1) is 22.7 Å². The first-order valence-electron chi connectivity index (χ1n) is 32.0. The number of aliphatic hydroxyl groups is 1. The number of carbonyl (C=O) groups excluding carboxylic acids is 7. The zero-order chi connectivity index (χ0) is 69.6. The summed E-state index contributed by atoms with van der Waals surface area (Å²) in [6.45, 7) is -3.12. The van der Waals surface area contributed by atoms with Gasteiger partial charge in [0, 0.05) is 48.3 Å². The first-order valence-corrected chi connectivity index (χ1v) is 33.6. The highest BCUT2D eigenvalue weighted by Gasteiger charge is 2.72. The zero-order valence-corrected chi connectivity index (χ0v) is 54.8.